The minimum Gasteiger partial charge on any atom is -0.488 e. The molecule has 0 amide bonds. The van der Waals surface area contributed by atoms with Crippen molar-refractivity contribution in [3.05, 3.63) is 29.6 Å². The fourth-order valence-corrected chi connectivity index (χ4v) is 1.86. The Balaban J connectivity index is 2.76. The Labute approximate surface area is 103 Å². The maximum absolute atomic E-state index is 13.1. The van der Waals surface area contributed by atoms with Crippen LogP contribution in [-0.2, 0) is 0 Å². The molecule has 17 heavy (non-hydrogen) atoms. The van der Waals surface area contributed by atoms with Gasteiger partial charge in [-0.05, 0) is 31.4 Å². The summed E-state index contributed by atoms with van der Waals surface area (Å²) in [5.41, 5.74) is 6.99. The third-order valence-corrected chi connectivity index (χ3v) is 2.93. The van der Waals surface area contributed by atoms with Crippen LogP contribution in [0.3, 0.4) is 0 Å². The lowest BCUT2D eigenvalue weighted by Gasteiger charge is -2.24. The molecule has 1 aromatic rings. The molecule has 3 heteroatoms. The molecule has 0 aliphatic heterocycles. The van der Waals surface area contributed by atoms with Crippen LogP contribution in [0.2, 0.25) is 0 Å². The van der Waals surface area contributed by atoms with E-state index < -0.39 is 0 Å². The third-order valence-electron chi connectivity index (χ3n) is 2.93. The van der Waals surface area contributed by atoms with E-state index in [0.29, 0.717) is 5.75 Å². The molecular weight excluding hydrogens is 217 g/mol. The van der Waals surface area contributed by atoms with Crippen LogP contribution in [0.25, 0.3) is 0 Å². The Bertz CT molecular complexity index is 354. The predicted octanol–water partition coefficient (Wildman–Crippen LogP) is 3.42. The topological polar surface area (TPSA) is 35.2 Å². The van der Waals surface area contributed by atoms with Crippen molar-refractivity contribution in [1.82, 2.24) is 0 Å². The zero-order valence-corrected chi connectivity index (χ0v) is 10.9. The van der Waals surface area contributed by atoms with Crippen molar-refractivity contribution in [1.29, 1.82) is 0 Å². The minimum atomic E-state index is -0.274. The van der Waals surface area contributed by atoms with E-state index >= 15 is 0 Å². The fourth-order valence-electron chi connectivity index (χ4n) is 1.86. The third kappa shape index (κ3) is 4.00. The zero-order chi connectivity index (χ0) is 12.8. The molecule has 0 aliphatic carbocycles. The number of benzene rings is 1. The first-order valence-corrected chi connectivity index (χ1v) is 6.26. The van der Waals surface area contributed by atoms with E-state index in [1.54, 1.807) is 6.07 Å². The van der Waals surface area contributed by atoms with Gasteiger partial charge in [0.25, 0.3) is 0 Å². The normalized spacial score (nSPS) is 14.4. The quantitative estimate of drug-likeness (QED) is 0.825. The van der Waals surface area contributed by atoms with Crippen molar-refractivity contribution in [2.45, 2.75) is 52.2 Å². The first kappa shape index (κ1) is 14.0. The first-order chi connectivity index (χ1) is 8.08. The highest BCUT2D eigenvalue weighted by Crippen LogP contribution is 2.22. The van der Waals surface area contributed by atoms with Gasteiger partial charge in [-0.1, -0.05) is 26.3 Å². The summed E-state index contributed by atoms with van der Waals surface area (Å²) in [6.07, 6.45) is 2.74. The Hall–Kier alpha value is -1.09. The van der Waals surface area contributed by atoms with Crippen LogP contribution in [-0.4, -0.2) is 12.1 Å². The Kier molecular flexibility index (Phi) is 5.42. The molecule has 0 radical (unpaired) electrons. The van der Waals surface area contributed by atoms with Crippen LogP contribution in [0, 0.1) is 12.7 Å². The van der Waals surface area contributed by atoms with Gasteiger partial charge in [0.2, 0.25) is 0 Å². The maximum atomic E-state index is 13.1. The highest BCUT2D eigenvalue weighted by molar-refractivity contribution is 5.32. The van der Waals surface area contributed by atoms with Gasteiger partial charge < -0.3 is 10.5 Å². The van der Waals surface area contributed by atoms with Crippen LogP contribution in [0.1, 0.15) is 38.7 Å². The van der Waals surface area contributed by atoms with E-state index in [2.05, 4.69) is 6.92 Å². The molecule has 2 nitrogen and oxygen atoms in total. The summed E-state index contributed by atoms with van der Waals surface area (Å²) in [7, 11) is 0. The lowest BCUT2D eigenvalue weighted by molar-refractivity contribution is 0.159. The molecule has 0 spiro atoms. The molecule has 1 rings (SSSR count). The van der Waals surface area contributed by atoms with Crippen molar-refractivity contribution in [3.63, 3.8) is 0 Å². The molecular formula is C14H22FNO. The van der Waals surface area contributed by atoms with Gasteiger partial charge in [0.05, 0.1) is 0 Å². The average molecular weight is 239 g/mol. The number of rotatable bonds is 6. The molecule has 0 aromatic heterocycles. The zero-order valence-electron chi connectivity index (χ0n) is 10.9. The number of hydrogen-bond donors (Lipinski definition) is 1. The first-order valence-electron chi connectivity index (χ1n) is 6.26. The maximum Gasteiger partial charge on any atom is 0.126 e. The Morgan fingerprint density at radius 2 is 2.06 bits per heavy atom. The van der Waals surface area contributed by atoms with Crippen molar-refractivity contribution >= 4 is 0 Å². The van der Waals surface area contributed by atoms with E-state index in [-0.39, 0.29) is 18.0 Å². The number of halogens is 1. The van der Waals surface area contributed by atoms with E-state index in [0.717, 1.165) is 24.8 Å². The highest BCUT2D eigenvalue weighted by Gasteiger charge is 2.17. The Morgan fingerprint density at radius 1 is 1.35 bits per heavy atom. The number of aryl methyl sites for hydroxylation is 1. The summed E-state index contributed by atoms with van der Waals surface area (Å²) in [6, 6.07) is 4.60. The van der Waals surface area contributed by atoms with Gasteiger partial charge >= 0.3 is 0 Å². The van der Waals surface area contributed by atoms with Crippen molar-refractivity contribution in [2.24, 2.45) is 5.73 Å². The van der Waals surface area contributed by atoms with Gasteiger partial charge in [0, 0.05) is 12.1 Å². The molecule has 2 unspecified atom stereocenters. The second-order valence-electron chi connectivity index (χ2n) is 4.43. The highest BCUT2D eigenvalue weighted by atomic mass is 19.1. The minimum absolute atomic E-state index is 0.00710. The lowest BCUT2D eigenvalue weighted by Crippen LogP contribution is -2.38. The summed E-state index contributed by atoms with van der Waals surface area (Å²) in [4.78, 5) is 0. The summed E-state index contributed by atoms with van der Waals surface area (Å²) in [5, 5.41) is 0. The van der Waals surface area contributed by atoms with Crippen LogP contribution in [0.15, 0.2) is 18.2 Å². The summed E-state index contributed by atoms with van der Waals surface area (Å²) >= 11 is 0. The van der Waals surface area contributed by atoms with E-state index in [1.165, 1.54) is 12.1 Å². The molecule has 1 aromatic carbocycles. The van der Waals surface area contributed by atoms with E-state index in [1.807, 2.05) is 13.8 Å². The second kappa shape index (κ2) is 6.60. The van der Waals surface area contributed by atoms with Crippen LogP contribution in [0.4, 0.5) is 4.39 Å². The lowest BCUT2D eigenvalue weighted by atomic mass is 10.0. The average Bonchev–Trinajstić information content (AvgIpc) is 2.30. The number of nitrogens with two attached hydrogens (primary N) is 1. The fraction of sp³-hybridized carbons (Fsp3) is 0.571. The van der Waals surface area contributed by atoms with Crippen LogP contribution in [0.5, 0.6) is 5.75 Å². The van der Waals surface area contributed by atoms with Crippen molar-refractivity contribution in [3.8, 4) is 5.75 Å². The number of hydrogen-bond acceptors (Lipinski definition) is 2. The molecule has 96 valence electrons. The molecule has 0 bridgehead atoms. The molecule has 0 saturated carbocycles. The number of ether oxygens (including phenoxy) is 1. The second-order valence-corrected chi connectivity index (χ2v) is 4.43. The van der Waals surface area contributed by atoms with Gasteiger partial charge in [0.1, 0.15) is 17.7 Å². The Morgan fingerprint density at radius 3 is 2.65 bits per heavy atom. The summed E-state index contributed by atoms with van der Waals surface area (Å²) in [6.45, 7) is 6.04. The molecule has 2 N–H and O–H groups in total. The standard InChI is InChI=1S/C14H22FNO/c1-4-6-12(16)13(5-2)17-14-9-11(15)8-7-10(14)3/h7-9,12-13H,4-6,16H2,1-3H3. The van der Waals surface area contributed by atoms with Gasteiger partial charge in [-0.3, -0.25) is 0 Å². The summed E-state index contributed by atoms with van der Waals surface area (Å²) < 4.78 is 19.0. The smallest absolute Gasteiger partial charge is 0.126 e. The van der Waals surface area contributed by atoms with E-state index in [9.17, 15) is 4.39 Å². The van der Waals surface area contributed by atoms with Gasteiger partial charge in [-0.25, -0.2) is 4.39 Å². The monoisotopic (exact) mass is 239 g/mol. The largest absolute Gasteiger partial charge is 0.488 e. The molecule has 0 fully saturated rings. The molecule has 0 heterocycles. The van der Waals surface area contributed by atoms with Crippen molar-refractivity contribution < 1.29 is 9.13 Å². The SMILES string of the molecule is CCCC(N)C(CC)Oc1cc(F)ccc1C. The van der Waals surface area contributed by atoms with Gasteiger partial charge in [0.15, 0.2) is 0 Å². The summed E-state index contributed by atoms with van der Waals surface area (Å²) in [5.74, 6) is 0.327. The molecule has 2 atom stereocenters. The van der Waals surface area contributed by atoms with E-state index in [4.69, 9.17) is 10.5 Å². The van der Waals surface area contributed by atoms with Gasteiger partial charge in [-0.2, -0.15) is 0 Å². The van der Waals surface area contributed by atoms with Crippen molar-refractivity contribution in [2.75, 3.05) is 0 Å². The predicted molar refractivity (Wildman–Crippen MR) is 68.7 cm³/mol. The van der Waals surface area contributed by atoms with Crippen LogP contribution >= 0.6 is 0 Å². The van der Waals surface area contributed by atoms with Crippen LogP contribution < -0.4 is 10.5 Å². The van der Waals surface area contributed by atoms with Gasteiger partial charge in [-0.15, -0.1) is 0 Å². The molecule has 0 saturated heterocycles. The molecule has 0 aliphatic rings.